The maximum absolute atomic E-state index is 12.0. The molecule has 4 heterocycles. The molecule has 0 amide bonds. The topological polar surface area (TPSA) is 333 Å². The van der Waals surface area contributed by atoms with Crippen molar-refractivity contribution in [1.29, 1.82) is 0 Å². The van der Waals surface area contributed by atoms with E-state index in [1.54, 1.807) is 109 Å². The van der Waals surface area contributed by atoms with E-state index in [4.69, 9.17) is 10.2 Å². The molecule has 148 heavy (non-hydrogen) atoms. The van der Waals surface area contributed by atoms with Crippen molar-refractivity contribution in [3.8, 4) is 0 Å². The van der Waals surface area contributed by atoms with Gasteiger partial charge in [0.2, 0.25) is 0 Å². The Labute approximate surface area is 912 Å². The van der Waals surface area contributed by atoms with Crippen LogP contribution in [0.2, 0.25) is 0 Å². The van der Waals surface area contributed by atoms with E-state index in [-0.39, 0.29) is 169 Å². The Morgan fingerprint density at radius 3 is 0.432 bits per heavy atom. The number of aromatic nitrogens is 4. The SMILES string of the molecule is CO.CO.O=C(/C=C(\[O-])C(F)(F)F)c1ccc2ccccc2c1.O=C(/C=C(\[O-])C(F)(F)F)c1ccc2ccccc2c1.O=C(/C=C(\[O-])C(F)(F)F)c1ccc2ccccc2c1.O=C(/C=C(\[O-])C(F)(F)F)c1ccc2ccccc2c1.O=C(/C=C(\[O-])C(F)(F)F)c1ccc2ccccc2c1.O=C(/C=C(\[O-])C(F)(F)F)c1ccc2ccccc2c1.[Eu+3].[Eu+3].c1cc(C2C(c3ccncc3)C(c3ccncc3)C2c2ccncc2)ccn1. The van der Waals surface area contributed by atoms with Gasteiger partial charge < -0.3 is 40.9 Å². The maximum Gasteiger partial charge on any atom is 3.00 e. The number of carbonyl (C=O) groups is 6. The molecule has 1 aliphatic carbocycles. The number of rotatable bonds is 16. The zero-order valence-electron chi connectivity index (χ0n) is 76.4. The van der Waals surface area contributed by atoms with Crippen LogP contribution in [-0.4, -0.2) is 116 Å². The number of allylic oxidation sites excluding steroid dienone is 12. The second-order valence-corrected chi connectivity index (χ2v) is 30.8. The van der Waals surface area contributed by atoms with Crippen LogP contribution < -0.4 is 30.6 Å². The molecule has 18 nitrogen and oxygen atoms in total. The number of aliphatic hydroxyl groups excluding tert-OH is 2. The predicted molar refractivity (Wildman–Crippen MR) is 499 cm³/mol. The molecule has 0 unspecified atom stereocenters. The zero-order valence-corrected chi connectivity index (χ0v) is 81.3. The van der Waals surface area contributed by atoms with Crippen molar-refractivity contribution in [3.63, 3.8) is 0 Å². The summed E-state index contributed by atoms with van der Waals surface area (Å²) < 4.78 is 217. The molecular formula is C110H76Eu2F18N4O14. The number of hydrogen-bond acceptors (Lipinski definition) is 18. The van der Waals surface area contributed by atoms with Crippen LogP contribution in [0.4, 0.5) is 79.0 Å². The number of benzene rings is 12. The number of carbonyl (C=O) groups excluding carboxylic acids is 6. The van der Waals surface area contributed by atoms with E-state index in [2.05, 4.69) is 68.5 Å². The van der Waals surface area contributed by atoms with Crippen LogP contribution in [0.15, 0.2) is 424 Å². The Morgan fingerprint density at radius 2 is 0.318 bits per heavy atom. The van der Waals surface area contributed by atoms with Gasteiger partial charge in [-0.2, -0.15) is 79.0 Å². The fourth-order valence-corrected chi connectivity index (χ4v) is 14.5. The number of hydrogen-bond donors (Lipinski definition) is 2. The van der Waals surface area contributed by atoms with Crippen molar-refractivity contribution in [2.24, 2.45) is 0 Å². The molecule has 1 saturated carbocycles. The van der Waals surface area contributed by atoms with Crippen LogP contribution in [0.3, 0.4) is 0 Å². The van der Waals surface area contributed by atoms with Gasteiger partial charge in [-0.1, -0.05) is 218 Å². The first-order valence-electron chi connectivity index (χ1n) is 42.6. The minimum absolute atomic E-state index is 0. The van der Waals surface area contributed by atoms with Crippen LogP contribution in [-0.2, 0) is 0 Å². The predicted octanol–water partition coefficient (Wildman–Crippen LogP) is 20.9. The van der Waals surface area contributed by atoms with E-state index in [0.717, 1.165) is 78.9 Å². The van der Waals surface area contributed by atoms with Gasteiger partial charge in [0.05, 0.1) is 0 Å². The summed E-state index contributed by atoms with van der Waals surface area (Å²) in [5, 5.41) is 87.8. The third kappa shape index (κ3) is 35.1. The van der Waals surface area contributed by atoms with Gasteiger partial charge in [-0.05, 0) is 267 Å². The van der Waals surface area contributed by atoms with Crippen molar-refractivity contribution in [2.45, 2.75) is 60.7 Å². The largest absolute Gasteiger partial charge is 3.00 e. The molecule has 0 saturated heterocycles. The van der Waals surface area contributed by atoms with Crippen molar-refractivity contribution >= 4 is 99.3 Å². The second kappa shape index (κ2) is 55.6. The van der Waals surface area contributed by atoms with Gasteiger partial charge in [0.25, 0.3) is 0 Å². The van der Waals surface area contributed by atoms with Gasteiger partial charge in [-0.3, -0.25) is 48.7 Å². The van der Waals surface area contributed by atoms with Crippen molar-refractivity contribution in [3.05, 3.63) is 480 Å². The minimum atomic E-state index is -5.02. The Hall–Kier alpha value is -14.1. The summed E-state index contributed by atoms with van der Waals surface area (Å²) in [5.74, 6) is -17.1. The summed E-state index contributed by atoms with van der Waals surface area (Å²) >= 11 is 0. The monoisotopic (exact) mass is 2320 g/mol. The molecule has 17 rings (SSSR count). The van der Waals surface area contributed by atoms with E-state index < -0.39 is 106 Å². The fraction of sp³-hybridized carbons (Fsp3) is 0.109. The van der Waals surface area contributed by atoms with Gasteiger partial charge in [0.15, 0.2) is 34.7 Å². The second-order valence-electron chi connectivity index (χ2n) is 30.8. The van der Waals surface area contributed by atoms with Gasteiger partial charge in [-0.15, -0.1) is 0 Å². The third-order valence-electron chi connectivity index (χ3n) is 21.4. The smallest absolute Gasteiger partial charge is 0.869 e. The molecular weight excluding hydrogens is 2250 g/mol. The normalized spacial score (nSPS) is 14.3. The van der Waals surface area contributed by atoms with Crippen LogP contribution in [0.5, 0.6) is 0 Å². The summed E-state index contributed by atoms with van der Waals surface area (Å²) in [4.78, 5) is 86.3. The Bertz CT molecular complexity index is 6370. The first kappa shape index (κ1) is 121. The van der Waals surface area contributed by atoms with E-state index in [1.165, 1.54) is 95.1 Å². The molecule has 0 radical (unpaired) electrons. The Kier molecular flexibility index (Phi) is 45.4. The fourth-order valence-electron chi connectivity index (χ4n) is 14.5. The van der Waals surface area contributed by atoms with Crippen LogP contribution >= 0.6 is 0 Å². The molecule has 0 bridgehead atoms. The van der Waals surface area contributed by atoms with Crippen LogP contribution in [0.25, 0.3) is 64.6 Å². The standard InChI is InChI=1S/C24H20N4.6C14H9F3O2.2CH4O.2Eu/c1-9-25-10-2-17(1)21-22(18-3-11-26-12-4-18)24(20-7-15-28-16-8-20)23(21)19-5-13-27-14-6-19;6*15-14(16,17)13(19)8-12(18)11-6-5-9-3-1-2-4-10(9)7-11;2*1-2;;/h1-16,21-24H;6*1-8,19H;2*2H,1H3;;/q;;;;;;;;;2*+3/p-6/b;6*13-8-;;;;. The summed E-state index contributed by atoms with van der Waals surface area (Å²) in [5.41, 5.74) is 5.61. The molecule has 1 aliphatic rings. The molecule has 38 heteroatoms. The zero-order chi connectivity index (χ0) is 107. The third-order valence-corrected chi connectivity index (χ3v) is 21.4. The molecule has 16 aromatic rings. The summed E-state index contributed by atoms with van der Waals surface area (Å²) in [6.45, 7) is 0. The maximum atomic E-state index is 12.0. The number of halogens is 18. The first-order valence-corrected chi connectivity index (χ1v) is 42.6. The quantitative estimate of drug-likeness (QED) is 0.0393. The van der Waals surface area contributed by atoms with Crippen LogP contribution in [0, 0.1) is 98.8 Å². The molecule has 4 aromatic heterocycles. The molecule has 0 atom stereocenters. The van der Waals surface area contributed by atoms with Crippen molar-refractivity contribution in [2.75, 3.05) is 14.2 Å². The van der Waals surface area contributed by atoms with E-state index in [0.29, 0.717) is 23.7 Å². The van der Waals surface area contributed by atoms with Gasteiger partial charge in [0.1, 0.15) is 0 Å². The molecule has 0 spiro atoms. The molecule has 2 N–H and O–H groups in total. The van der Waals surface area contributed by atoms with E-state index >= 15 is 0 Å². The molecule has 0 aliphatic heterocycles. The van der Waals surface area contributed by atoms with Gasteiger partial charge in [0, 0.05) is 97.2 Å². The number of nitrogens with zero attached hydrogens (tertiary/aromatic N) is 4. The minimum Gasteiger partial charge on any atom is -0.869 e. The first-order chi connectivity index (χ1) is 69.2. The number of pyridine rings is 4. The Balaban J connectivity index is 0.000000233. The van der Waals surface area contributed by atoms with E-state index in [1.807, 2.05) is 122 Å². The number of ketones is 6. The van der Waals surface area contributed by atoms with Crippen molar-refractivity contribution in [1.82, 2.24) is 19.9 Å². The number of aliphatic hydroxyl groups is 2. The van der Waals surface area contributed by atoms with Crippen LogP contribution in [0.1, 0.15) is 108 Å². The molecule has 12 aromatic carbocycles. The summed E-state index contributed by atoms with van der Waals surface area (Å²) in [7, 11) is 2.00. The molecule has 1 fully saturated rings. The number of alkyl halides is 18. The summed E-state index contributed by atoms with van der Waals surface area (Å²) in [6, 6.07) is 86.6. The van der Waals surface area contributed by atoms with Gasteiger partial charge >= 0.3 is 136 Å². The average molecular weight is 2320 g/mol. The average Bonchev–Trinajstić information content (AvgIpc) is 0.713. The van der Waals surface area contributed by atoms with E-state index in [9.17, 15) is 138 Å². The molecule has 760 valence electrons. The van der Waals surface area contributed by atoms with Crippen molar-refractivity contribution < 1.29 is 247 Å². The van der Waals surface area contributed by atoms with Gasteiger partial charge in [-0.25, -0.2) is 0 Å². The summed E-state index contributed by atoms with van der Waals surface area (Å²) in [6.07, 6.45) is -14.6. The Morgan fingerprint density at radius 1 is 0.203 bits per heavy atom. The number of fused-ring (bicyclic) bond motifs is 6.